The van der Waals surface area contributed by atoms with Crippen LogP contribution in [0, 0.1) is 24.0 Å². The molecule has 0 saturated carbocycles. The summed E-state index contributed by atoms with van der Waals surface area (Å²) in [7, 11) is 1.42. The van der Waals surface area contributed by atoms with Gasteiger partial charge in [0, 0.05) is 5.56 Å². The van der Waals surface area contributed by atoms with E-state index in [0.717, 1.165) is 11.1 Å². The highest BCUT2D eigenvalue weighted by atomic mass is 32.1. The van der Waals surface area contributed by atoms with E-state index in [4.69, 9.17) is 17.0 Å². The van der Waals surface area contributed by atoms with Crippen LogP contribution in [-0.4, -0.2) is 23.1 Å². The maximum Gasteiger partial charge on any atom is 0.296 e. The second-order valence-corrected chi connectivity index (χ2v) is 5.78. The third kappa shape index (κ3) is 4.51. The molecule has 7 nitrogen and oxygen atoms in total. The van der Waals surface area contributed by atoms with E-state index in [1.807, 2.05) is 26.0 Å². The maximum atomic E-state index is 12.3. The number of nitro benzene ring substituents is 1. The fourth-order valence-corrected chi connectivity index (χ4v) is 2.49. The first-order chi connectivity index (χ1) is 11.8. The van der Waals surface area contributed by atoms with Crippen LogP contribution >= 0.6 is 12.2 Å². The van der Waals surface area contributed by atoms with Gasteiger partial charge in [-0.15, -0.1) is 0 Å². The predicted molar refractivity (Wildman–Crippen MR) is 99.3 cm³/mol. The van der Waals surface area contributed by atoms with Crippen molar-refractivity contribution in [1.82, 2.24) is 5.32 Å². The molecule has 0 radical (unpaired) electrons. The van der Waals surface area contributed by atoms with E-state index in [-0.39, 0.29) is 22.4 Å². The molecule has 0 aliphatic heterocycles. The van der Waals surface area contributed by atoms with Gasteiger partial charge in [0.25, 0.3) is 11.6 Å². The lowest BCUT2D eigenvalue weighted by Gasteiger charge is -2.12. The van der Waals surface area contributed by atoms with Gasteiger partial charge in [-0.1, -0.05) is 17.7 Å². The molecule has 0 saturated heterocycles. The molecule has 8 heteroatoms. The van der Waals surface area contributed by atoms with Gasteiger partial charge in [0.05, 0.1) is 18.1 Å². The van der Waals surface area contributed by atoms with Gasteiger partial charge in [0.2, 0.25) is 0 Å². The van der Waals surface area contributed by atoms with Crippen LogP contribution < -0.4 is 15.4 Å². The molecule has 2 N–H and O–H groups in total. The summed E-state index contributed by atoms with van der Waals surface area (Å²) in [4.78, 5) is 22.9. The number of nitrogens with one attached hydrogen (secondary N) is 2. The van der Waals surface area contributed by atoms with Gasteiger partial charge in [-0.25, -0.2) is 0 Å². The quantitative estimate of drug-likeness (QED) is 0.494. The van der Waals surface area contributed by atoms with Gasteiger partial charge in [-0.2, -0.15) is 0 Å². The summed E-state index contributed by atoms with van der Waals surface area (Å²) in [5, 5.41) is 16.3. The largest absolute Gasteiger partial charge is 0.496 e. The van der Waals surface area contributed by atoms with Crippen LogP contribution in [-0.2, 0) is 0 Å². The summed E-state index contributed by atoms with van der Waals surface area (Å²) in [6, 6.07) is 9.72. The van der Waals surface area contributed by atoms with E-state index < -0.39 is 4.92 Å². The van der Waals surface area contributed by atoms with Crippen LogP contribution in [0.3, 0.4) is 0 Å². The van der Waals surface area contributed by atoms with Gasteiger partial charge >= 0.3 is 0 Å². The maximum absolute atomic E-state index is 12.3. The Kier molecular flexibility index (Phi) is 5.66. The van der Waals surface area contributed by atoms with Crippen molar-refractivity contribution in [3.63, 3.8) is 0 Å². The number of amides is 1. The molecule has 25 heavy (non-hydrogen) atoms. The molecule has 0 aromatic heterocycles. The summed E-state index contributed by atoms with van der Waals surface area (Å²) in [6.07, 6.45) is 0. The number of benzene rings is 2. The molecule has 1 amide bonds. The first kappa shape index (κ1) is 18.3. The molecule has 2 aromatic carbocycles. The number of thiocarbonyl (C=S) groups is 1. The Balaban J connectivity index is 2.15. The van der Waals surface area contributed by atoms with Gasteiger partial charge in [-0.05, 0) is 49.8 Å². The molecule has 0 atom stereocenters. The third-order valence-corrected chi connectivity index (χ3v) is 3.71. The average molecular weight is 359 g/mol. The lowest BCUT2D eigenvalue weighted by atomic mass is 10.1. The molecular weight excluding hydrogens is 342 g/mol. The number of ether oxygens (including phenoxy) is 1. The summed E-state index contributed by atoms with van der Waals surface area (Å²) >= 11 is 5.09. The summed E-state index contributed by atoms with van der Waals surface area (Å²) < 4.78 is 4.98. The lowest BCUT2D eigenvalue weighted by Crippen LogP contribution is -2.34. The molecule has 0 aliphatic carbocycles. The topological polar surface area (TPSA) is 93.5 Å². The first-order valence-corrected chi connectivity index (χ1v) is 7.74. The van der Waals surface area contributed by atoms with Crippen LogP contribution in [0.2, 0.25) is 0 Å². The fraction of sp³-hybridized carbons (Fsp3) is 0.176. The van der Waals surface area contributed by atoms with Crippen molar-refractivity contribution in [3.05, 3.63) is 63.2 Å². The van der Waals surface area contributed by atoms with Gasteiger partial charge in [0.1, 0.15) is 11.4 Å². The average Bonchev–Trinajstić information content (AvgIpc) is 2.54. The molecule has 0 aliphatic rings. The van der Waals surface area contributed by atoms with E-state index >= 15 is 0 Å². The van der Waals surface area contributed by atoms with E-state index in [9.17, 15) is 14.9 Å². The molecule has 2 rings (SSSR count). The zero-order valence-electron chi connectivity index (χ0n) is 14.0. The number of nitro groups is 1. The fourth-order valence-electron chi connectivity index (χ4n) is 2.29. The van der Waals surface area contributed by atoms with Crippen LogP contribution in [0.4, 0.5) is 11.4 Å². The van der Waals surface area contributed by atoms with Crippen LogP contribution in [0.25, 0.3) is 0 Å². The minimum atomic E-state index is -0.556. The molecule has 0 heterocycles. The standard InChI is InChI=1S/C17H17N3O4S/c1-10-4-6-13(11(2)8-10)16(21)19-17(25)18-14-7-5-12(24-3)9-15(14)20(22)23/h4-9H,1-3H3,(H2,18,19,21,25). The summed E-state index contributed by atoms with van der Waals surface area (Å²) in [5.41, 5.74) is 2.30. The second kappa shape index (κ2) is 7.71. The van der Waals surface area contributed by atoms with Gasteiger partial charge in [0.15, 0.2) is 5.11 Å². The smallest absolute Gasteiger partial charge is 0.296 e. The Hall–Kier alpha value is -3.00. The van der Waals surface area contributed by atoms with Crippen LogP contribution in [0.1, 0.15) is 21.5 Å². The van der Waals surface area contributed by atoms with Gasteiger partial charge < -0.3 is 10.1 Å². The molecular formula is C17H17N3O4S. The number of aryl methyl sites for hydroxylation is 2. The van der Waals surface area contributed by atoms with Crippen molar-refractivity contribution in [1.29, 1.82) is 0 Å². The van der Waals surface area contributed by atoms with Crippen molar-refractivity contribution in [3.8, 4) is 5.75 Å². The van der Waals surface area contributed by atoms with Crippen molar-refractivity contribution >= 4 is 34.6 Å². The Morgan fingerprint density at radius 3 is 2.52 bits per heavy atom. The number of rotatable bonds is 4. The minimum Gasteiger partial charge on any atom is -0.496 e. The van der Waals surface area contributed by atoms with E-state index in [0.29, 0.717) is 11.3 Å². The molecule has 130 valence electrons. The Morgan fingerprint density at radius 1 is 1.20 bits per heavy atom. The number of hydrogen-bond donors (Lipinski definition) is 2. The second-order valence-electron chi connectivity index (χ2n) is 5.37. The SMILES string of the molecule is COc1ccc(NC(=S)NC(=O)c2ccc(C)cc2C)c([N+](=O)[O-])c1. The first-order valence-electron chi connectivity index (χ1n) is 7.34. The van der Waals surface area contributed by atoms with Gasteiger partial charge in [-0.3, -0.25) is 20.2 Å². The number of nitrogens with zero attached hydrogens (tertiary/aromatic N) is 1. The zero-order chi connectivity index (χ0) is 18.6. The number of carbonyl (C=O) groups is 1. The van der Waals surface area contributed by atoms with E-state index in [2.05, 4.69) is 10.6 Å². The highest BCUT2D eigenvalue weighted by Crippen LogP contribution is 2.28. The Morgan fingerprint density at radius 2 is 1.92 bits per heavy atom. The Labute approximate surface area is 150 Å². The van der Waals surface area contributed by atoms with Crippen molar-refractivity contribution in [2.45, 2.75) is 13.8 Å². The normalized spacial score (nSPS) is 10.0. The number of methoxy groups -OCH3 is 1. The highest BCUT2D eigenvalue weighted by molar-refractivity contribution is 7.80. The molecule has 0 bridgehead atoms. The zero-order valence-corrected chi connectivity index (χ0v) is 14.8. The van der Waals surface area contributed by atoms with Crippen molar-refractivity contribution in [2.24, 2.45) is 0 Å². The van der Waals surface area contributed by atoms with E-state index in [1.165, 1.54) is 19.2 Å². The summed E-state index contributed by atoms with van der Waals surface area (Å²) in [6.45, 7) is 3.76. The van der Waals surface area contributed by atoms with Crippen LogP contribution in [0.15, 0.2) is 36.4 Å². The number of hydrogen-bond acceptors (Lipinski definition) is 5. The molecule has 0 unspecified atom stereocenters. The minimum absolute atomic E-state index is 0.0294. The van der Waals surface area contributed by atoms with Crippen molar-refractivity contribution < 1.29 is 14.5 Å². The molecule has 0 fully saturated rings. The third-order valence-electron chi connectivity index (χ3n) is 3.50. The predicted octanol–water partition coefficient (Wildman–Crippen LogP) is 3.35. The van der Waals surface area contributed by atoms with Crippen LogP contribution in [0.5, 0.6) is 5.75 Å². The highest BCUT2D eigenvalue weighted by Gasteiger charge is 2.17. The molecule has 0 spiro atoms. The summed E-state index contributed by atoms with van der Waals surface area (Å²) in [5.74, 6) is -0.0337. The van der Waals surface area contributed by atoms with E-state index in [1.54, 1.807) is 12.1 Å². The van der Waals surface area contributed by atoms with Crippen molar-refractivity contribution in [2.75, 3.05) is 12.4 Å². The molecule has 2 aromatic rings. The Bertz CT molecular complexity index is 852. The number of carbonyl (C=O) groups excluding carboxylic acids is 1. The number of anilines is 1. The lowest BCUT2D eigenvalue weighted by molar-refractivity contribution is -0.384. The monoisotopic (exact) mass is 359 g/mol.